The highest BCUT2D eigenvalue weighted by Crippen LogP contribution is 2.08. The molecule has 0 bridgehead atoms. The van der Waals surface area contributed by atoms with Crippen LogP contribution in [0.15, 0.2) is 0 Å². The third-order valence-electron chi connectivity index (χ3n) is 2.33. The minimum Gasteiger partial charge on any atom is -0.479 e. The monoisotopic (exact) mass is 237 g/mol. The normalized spacial score (nSPS) is 14.9. The van der Waals surface area contributed by atoms with Crippen molar-refractivity contribution in [2.75, 3.05) is 5.88 Å². The summed E-state index contributed by atoms with van der Waals surface area (Å²) in [5, 5.41) is 17.6. The summed E-state index contributed by atoms with van der Waals surface area (Å²) in [6.07, 6.45) is 4.18. The number of alkyl halides is 1. The van der Waals surface area contributed by atoms with Crippen molar-refractivity contribution in [1.82, 2.24) is 0 Å². The lowest BCUT2D eigenvalue weighted by Crippen LogP contribution is -2.40. The van der Waals surface area contributed by atoms with Crippen LogP contribution in [0.1, 0.15) is 38.5 Å². The fourth-order valence-corrected chi connectivity index (χ4v) is 1.53. The van der Waals surface area contributed by atoms with Crippen molar-refractivity contribution in [1.29, 1.82) is 0 Å². The van der Waals surface area contributed by atoms with Crippen molar-refractivity contribution in [2.24, 2.45) is 5.73 Å². The van der Waals surface area contributed by atoms with Crippen LogP contribution in [0, 0.1) is 0 Å². The zero-order valence-electron chi connectivity index (χ0n) is 8.86. The number of aliphatic hydroxyl groups excluding tert-OH is 1. The topological polar surface area (TPSA) is 83.5 Å². The molecule has 0 amide bonds. The van der Waals surface area contributed by atoms with Crippen molar-refractivity contribution in [3.05, 3.63) is 0 Å². The van der Waals surface area contributed by atoms with E-state index < -0.39 is 18.1 Å². The number of aliphatic carboxylic acids is 1. The predicted molar refractivity (Wildman–Crippen MR) is 60.0 cm³/mol. The van der Waals surface area contributed by atoms with Crippen LogP contribution >= 0.6 is 11.6 Å². The molecule has 0 spiro atoms. The summed E-state index contributed by atoms with van der Waals surface area (Å²) in [4.78, 5) is 10.4. The quantitative estimate of drug-likeness (QED) is 0.417. The molecule has 15 heavy (non-hydrogen) atoms. The first kappa shape index (κ1) is 14.7. The molecule has 0 heterocycles. The molecule has 2 unspecified atom stereocenters. The van der Waals surface area contributed by atoms with Gasteiger partial charge in [-0.15, -0.1) is 11.6 Å². The molecule has 90 valence electrons. The molecule has 0 fully saturated rings. The average molecular weight is 238 g/mol. The molecular formula is C10H20ClNO3. The highest BCUT2D eigenvalue weighted by molar-refractivity contribution is 6.17. The van der Waals surface area contributed by atoms with Crippen molar-refractivity contribution >= 4 is 17.6 Å². The lowest BCUT2D eigenvalue weighted by atomic mass is 10.0. The van der Waals surface area contributed by atoms with Crippen LogP contribution < -0.4 is 5.73 Å². The molecule has 5 heteroatoms. The molecule has 0 saturated heterocycles. The summed E-state index contributed by atoms with van der Waals surface area (Å²) >= 11 is 5.52. The fourth-order valence-electron chi connectivity index (χ4n) is 1.35. The minimum atomic E-state index is -1.44. The van der Waals surface area contributed by atoms with Gasteiger partial charge in [0.1, 0.15) is 0 Å². The van der Waals surface area contributed by atoms with E-state index in [9.17, 15) is 4.79 Å². The second-order valence-corrected chi connectivity index (χ2v) is 4.07. The Morgan fingerprint density at radius 3 is 2.27 bits per heavy atom. The van der Waals surface area contributed by atoms with E-state index in [1.165, 1.54) is 0 Å². The molecule has 0 aliphatic rings. The smallest absolute Gasteiger partial charge is 0.334 e. The van der Waals surface area contributed by atoms with E-state index in [4.69, 9.17) is 27.5 Å². The molecule has 4 N–H and O–H groups in total. The van der Waals surface area contributed by atoms with Gasteiger partial charge in [-0.1, -0.05) is 25.7 Å². The maximum atomic E-state index is 10.4. The van der Waals surface area contributed by atoms with Crippen LogP contribution in [0.3, 0.4) is 0 Å². The number of carboxylic acid groups (broad SMARTS) is 1. The van der Waals surface area contributed by atoms with E-state index in [1.54, 1.807) is 0 Å². The van der Waals surface area contributed by atoms with E-state index in [0.717, 1.165) is 32.1 Å². The third-order valence-corrected chi connectivity index (χ3v) is 2.60. The van der Waals surface area contributed by atoms with Crippen LogP contribution in [0.4, 0.5) is 0 Å². The summed E-state index contributed by atoms with van der Waals surface area (Å²) in [7, 11) is 0. The Labute approximate surface area is 95.4 Å². The van der Waals surface area contributed by atoms with Crippen LogP contribution in [-0.2, 0) is 4.79 Å². The van der Waals surface area contributed by atoms with E-state index in [-0.39, 0.29) is 0 Å². The first-order chi connectivity index (χ1) is 7.09. The summed E-state index contributed by atoms with van der Waals surface area (Å²) in [5.41, 5.74) is 5.51. The van der Waals surface area contributed by atoms with Gasteiger partial charge in [-0.2, -0.15) is 0 Å². The molecule has 2 atom stereocenters. The molecule has 0 saturated carbocycles. The zero-order valence-corrected chi connectivity index (χ0v) is 9.62. The second kappa shape index (κ2) is 8.95. The largest absolute Gasteiger partial charge is 0.479 e. The van der Waals surface area contributed by atoms with E-state index in [1.807, 2.05) is 0 Å². The van der Waals surface area contributed by atoms with Gasteiger partial charge in [0.2, 0.25) is 0 Å². The highest BCUT2D eigenvalue weighted by Gasteiger charge is 2.21. The molecule has 0 aromatic rings. The first-order valence-electron chi connectivity index (χ1n) is 5.32. The van der Waals surface area contributed by atoms with E-state index in [2.05, 4.69) is 0 Å². The number of unbranched alkanes of at least 4 members (excludes halogenated alkanes) is 4. The number of aliphatic hydroxyl groups is 1. The molecule has 4 nitrogen and oxygen atoms in total. The van der Waals surface area contributed by atoms with Crippen molar-refractivity contribution in [3.8, 4) is 0 Å². The lowest BCUT2D eigenvalue weighted by molar-refractivity contribution is -0.147. The number of hydrogen-bond donors (Lipinski definition) is 3. The number of hydrogen-bond acceptors (Lipinski definition) is 3. The Morgan fingerprint density at radius 2 is 1.73 bits per heavy atom. The van der Waals surface area contributed by atoms with Crippen LogP contribution in [0.25, 0.3) is 0 Å². The van der Waals surface area contributed by atoms with Gasteiger partial charge in [-0.25, -0.2) is 4.79 Å². The maximum absolute atomic E-state index is 10.4. The fraction of sp³-hybridized carbons (Fsp3) is 0.900. The summed E-state index contributed by atoms with van der Waals surface area (Å²) in [6.45, 7) is 0. The second-order valence-electron chi connectivity index (χ2n) is 3.69. The van der Waals surface area contributed by atoms with Gasteiger partial charge in [-0.3, -0.25) is 0 Å². The van der Waals surface area contributed by atoms with Gasteiger partial charge < -0.3 is 15.9 Å². The van der Waals surface area contributed by atoms with Gasteiger partial charge >= 0.3 is 5.97 Å². The first-order valence-corrected chi connectivity index (χ1v) is 5.85. The standard InChI is InChI=1S/C10H20ClNO3/c11-7-5-3-1-2-4-6-8(12)9(13)10(14)15/h8-9,13H,1-7,12H2,(H,14,15). The van der Waals surface area contributed by atoms with Crippen LogP contribution in [-0.4, -0.2) is 34.2 Å². The number of halogens is 1. The van der Waals surface area contributed by atoms with Crippen LogP contribution in [0.5, 0.6) is 0 Å². The minimum absolute atomic E-state index is 0.550. The van der Waals surface area contributed by atoms with E-state index >= 15 is 0 Å². The Hall–Kier alpha value is -0.320. The van der Waals surface area contributed by atoms with E-state index in [0.29, 0.717) is 12.3 Å². The lowest BCUT2D eigenvalue weighted by Gasteiger charge is -2.14. The predicted octanol–water partition coefficient (Wildman–Crippen LogP) is 1.34. The van der Waals surface area contributed by atoms with Gasteiger partial charge in [-0.05, 0) is 12.8 Å². The van der Waals surface area contributed by atoms with Crippen molar-refractivity contribution in [3.63, 3.8) is 0 Å². The van der Waals surface area contributed by atoms with Gasteiger partial charge in [0.25, 0.3) is 0 Å². The van der Waals surface area contributed by atoms with Crippen molar-refractivity contribution in [2.45, 2.75) is 50.7 Å². The highest BCUT2D eigenvalue weighted by atomic mass is 35.5. The van der Waals surface area contributed by atoms with Gasteiger partial charge in [0.15, 0.2) is 6.10 Å². The number of carboxylic acids is 1. The maximum Gasteiger partial charge on any atom is 0.334 e. The Kier molecular flexibility index (Phi) is 8.76. The molecule has 0 radical (unpaired) electrons. The Bertz CT molecular complexity index is 178. The van der Waals surface area contributed by atoms with Crippen LogP contribution in [0.2, 0.25) is 0 Å². The molecule has 0 rings (SSSR count). The molecule has 0 aliphatic heterocycles. The molecule has 0 aliphatic carbocycles. The average Bonchev–Trinajstić information content (AvgIpc) is 2.21. The molecular weight excluding hydrogens is 218 g/mol. The zero-order chi connectivity index (χ0) is 11.7. The Morgan fingerprint density at radius 1 is 1.20 bits per heavy atom. The summed E-state index contributed by atoms with van der Waals surface area (Å²) in [5.74, 6) is -0.554. The van der Waals surface area contributed by atoms with Gasteiger partial charge in [0, 0.05) is 11.9 Å². The molecule has 0 aromatic carbocycles. The summed E-state index contributed by atoms with van der Waals surface area (Å²) in [6, 6.07) is -0.657. The SMILES string of the molecule is NC(CCCCCCCCl)C(O)C(=O)O. The number of nitrogens with two attached hydrogens (primary N) is 1. The number of rotatable bonds is 9. The number of carbonyl (C=O) groups is 1. The molecule has 0 aromatic heterocycles. The summed E-state index contributed by atoms with van der Waals surface area (Å²) < 4.78 is 0. The third kappa shape index (κ3) is 7.59. The Balaban J connectivity index is 3.38. The van der Waals surface area contributed by atoms with Gasteiger partial charge in [0.05, 0.1) is 0 Å². The van der Waals surface area contributed by atoms with Crippen molar-refractivity contribution < 1.29 is 15.0 Å².